The predicted octanol–water partition coefficient (Wildman–Crippen LogP) is 11.7. The lowest BCUT2D eigenvalue weighted by Crippen LogP contribution is -2.60. The Hall–Kier alpha value is -2.38. The number of nitrogens with one attached hydrogen (secondary N) is 1. The summed E-state index contributed by atoms with van der Waals surface area (Å²) in [5.41, 5.74) is 0. The number of allylic oxidation sites excluding steroid dienone is 7. The highest BCUT2D eigenvalue weighted by atomic mass is 16.7. The van der Waals surface area contributed by atoms with Crippen molar-refractivity contribution >= 4 is 11.9 Å². The van der Waals surface area contributed by atoms with Crippen molar-refractivity contribution in [1.82, 2.24) is 5.32 Å². The molecule has 0 aromatic heterocycles. The summed E-state index contributed by atoms with van der Waals surface area (Å²) in [7, 11) is 0. The summed E-state index contributed by atoms with van der Waals surface area (Å²) in [5, 5.41) is 54.1. The van der Waals surface area contributed by atoms with Crippen molar-refractivity contribution in [2.45, 2.75) is 275 Å². The minimum atomic E-state index is -1.58. The number of rotatable bonds is 46. The van der Waals surface area contributed by atoms with E-state index in [0.717, 1.165) is 96.3 Å². The Labute approximate surface area is 408 Å². The van der Waals surface area contributed by atoms with E-state index in [9.17, 15) is 35.1 Å². The van der Waals surface area contributed by atoms with Crippen LogP contribution >= 0.6 is 0 Å². The molecule has 0 bridgehead atoms. The number of unbranched alkanes of at least 4 members (excludes halogenated alkanes) is 26. The van der Waals surface area contributed by atoms with Gasteiger partial charge in [-0.1, -0.05) is 184 Å². The van der Waals surface area contributed by atoms with E-state index in [1.165, 1.54) is 109 Å². The zero-order valence-corrected chi connectivity index (χ0v) is 42.6. The topological polar surface area (TPSA) is 175 Å². The van der Waals surface area contributed by atoms with Crippen LogP contribution in [0, 0.1) is 0 Å². The first-order chi connectivity index (χ1) is 32.7. The largest absolute Gasteiger partial charge is 0.466 e. The maximum atomic E-state index is 13.0. The second-order valence-electron chi connectivity index (χ2n) is 18.9. The van der Waals surface area contributed by atoms with Crippen LogP contribution < -0.4 is 5.32 Å². The van der Waals surface area contributed by atoms with Crippen molar-refractivity contribution in [3.05, 3.63) is 48.6 Å². The fraction of sp³-hybridized carbons (Fsp3) is 0.821. The maximum Gasteiger partial charge on any atom is 0.305 e. The molecule has 0 aromatic rings. The van der Waals surface area contributed by atoms with Crippen LogP contribution in [0.3, 0.4) is 0 Å². The molecule has 11 heteroatoms. The molecule has 7 atom stereocenters. The molecule has 1 aliphatic rings. The number of carbonyl (C=O) groups excluding carboxylic acids is 2. The lowest BCUT2D eigenvalue weighted by atomic mass is 9.99. The highest BCUT2D eigenvalue weighted by Gasteiger charge is 2.44. The Morgan fingerprint density at radius 3 is 1.60 bits per heavy atom. The van der Waals surface area contributed by atoms with Gasteiger partial charge in [-0.15, -0.1) is 0 Å². The Balaban J connectivity index is 2.11. The molecular formula is C56H101NO10. The van der Waals surface area contributed by atoms with Crippen LogP contribution in [-0.4, -0.2) is 100 Å². The van der Waals surface area contributed by atoms with E-state index in [4.69, 9.17) is 14.2 Å². The van der Waals surface area contributed by atoms with Crippen molar-refractivity contribution in [2.75, 3.05) is 19.8 Å². The Bertz CT molecular complexity index is 1250. The highest BCUT2D eigenvalue weighted by molar-refractivity contribution is 5.76. The number of aliphatic hydroxyl groups is 5. The van der Waals surface area contributed by atoms with Crippen LogP contribution in [0.4, 0.5) is 0 Å². The van der Waals surface area contributed by atoms with Gasteiger partial charge in [0, 0.05) is 12.8 Å². The Morgan fingerprint density at radius 1 is 0.552 bits per heavy atom. The van der Waals surface area contributed by atoms with Gasteiger partial charge in [0.2, 0.25) is 5.91 Å². The molecule has 1 rings (SSSR count). The van der Waals surface area contributed by atoms with Crippen LogP contribution in [0.2, 0.25) is 0 Å². The second kappa shape index (κ2) is 46.0. The molecule has 1 aliphatic heterocycles. The van der Waals surface area contributed by atoms with E-state index in [2.05, 4.69) is 55.6 Å². The molecule has 0 saturated carbocycles. The molecule has 1 saturated heterocycles. The third-order valence-corrected chi connectivity index (χ3v) is 12.7. The van der Waals surface area contributed by atoms with Gasteiger partial charge in [0.05, 0.1) is 32.0 Å². The van der Waals surface area contributed by atoms with Gasteiger partial charge in [-0.05, 0) is 83.5 Å². The van der Waals surface area contributed by atoms with Crippen LogP contribution in [0.5, 0.6) is 0 Å². The van der Waals surface area contributed by atoms with Crippen LogP contribution in [0.15, 0.2) is 48.6 Å². The maximum absolute atomic E-state index is 13.0. The summed E-state index contributed by atoms with van der Waals surface area (Å²) in [6.45, 7) is 4.20. The standard InChI is InChI=1S/C56H101NO10/c1-3-5-7-9-11-13-14-20-24-28-32-36-40-44-52(61)65-45-41-37-33-29-25-22-19-17-15-16-18-21-23-27-31-35-39-43-51(60)57-48(49(59)42-38-34-30-26-12-10-8-6-4-2)47-66-56-55(64)54(63)53(62)50(46-58)67-56/h12,15,17,22,25-26,38,42,48-50,53-56,58-59,62-64H,3-11,13-14,16,18-21,23-24,27-37,39-41,43-47H2,1-2H3,(H,57,60)/b17-15-,25-22-,26-12+,42-38+. The zero-order valence-electron chi connectivity index (χ0n) is 42.6. The summed E-state index contributed by atoms with van der Waals surface area (Å²) in [6.07, 6.45) is 46.4. The van der Waals surface area contributed by atoms with Crippen LogP contribution in [0.25, 0.3) is 0 Å². The number of hydrogen-bond acceptors (Lipinski definition) is 10. The van der Waals surface area contributed by atoms with Crippen molar-refractivity contribution in [1.29, 1.82) is 0 Å². The minimum absolute atomic E-state index is 0.0325. The molecule has 67 heavy (non-hydrogen) atoms. The van der Waals surface area contributed by atoms with Crippen molar-refractivity contribution < 1.29 is 49.3 Å². The number of carbonyl (C=O) groups is 2. The van der Waals surface area contributed by atoms with Crippen molar-refractivity contribution in [3.8, 4) is 0 Å². The quantitative estimate of drug-likeness (QED) is 0.0196. The average molecular weight is 948 g/mol. The van der Waals surface area contributed by atoms with E-state index >= 15 is 0 Å². The molecule has 11 nitrogen and oxygen atoms in total. The van der Waals surface area contributed by atoms with Gasteiger partial charge in [0.15, 0.2) is 6.29 Å². The molecule has 1 amide bonds. The zero-order chi connectivity index (χ0) is 48.8. The van der Waals surface area contributed by atoms with E-state index in [1.54, 1.807) is 6.08 Å². The number of esters is 1. The molecule has 1 heterocycles. The van der Waals surface area contributed by atoms with Crippen LogP contribution in [0.1, 0.15) is 232 Å². The number of amides is 1. The van der Waals surface area contributed by atoms with E-state index in [-0.39, 0.29) is 18.5 Å². The molecule has 0 aliphatic carbocycles. The molecule has 0 spiro atoms. The Kier molecular flexibility index (Phi) is 43.0. The van der Waals surface area contributed by atoms with E-state index in [0.29, 0.717) is 19.4 Å². The van der Waals surface area contributed by atoms with Gasteiger partial charge in [0.25, 0.3) is 0 Å². The molecule has 1 fully saturated rings. The number of ether oxygens (including phenoxy) is 3. The SMILES string of the molecule is CCCCC/C=C/CC/C=C/C(O)C(COC1OC(CO)C(O)C(O)C1O)NC(=O)CCCCCCCCC/C=C\C/C=C\CCCCCOC(=O)CCCCCCCCCCCCCCC. The normalized spacial score (nSPS) is 19.9. The monoisotopic (exact) mass is 948 g/mol. The summed E-state index contributed by atoms with van der Waals surface area (Å²) in [6, 6.07) is -0.838. The van der Waals surface area contributed by atoms with Gasteiger partial charge in [0.1, 0.15) is 24.4 Å². The first kappa shape index (κ1) is 62.6. The van der Waals surface area contributed by atoms with E-state index in [1.807, 2.05) is 6.08 Å². The fourth-order valence-electron chi connectivity index (χ4n) is 8.24. The molecule has 390 valence electrons. The molecule has 0 aromatic carbocycles. The number of aliphatic hydroxyl groups excluding tert-OH is 5. The van der Waals surface area contributed by atoms with Gasteiger partial charge in [-0.25, -0.2) is 0 Å². The summed E-state index contributed by atoms with van der Waals surface area (Å²) in [5.74, 6) is -0.244. The highest BCUT2D eigenvalue weighted by Crippen LogP contribution is 2.23. The lowest BCUT2D eigenvalue weighted by Gasteiger charge is -2.40. The van der Waals surface area contributed by atoms with Crippen molar-refractivity contribution in [3.63, 3.8) is 0 Å². The predicted molar refractivity (Wildman–Crippen MR) is 274 cm³/mol. The molecule has 0 radical (unpaired) electrons. The van der Waals surface area contributed by atoms with Gasteiger partial charge in [-0.3, -0.25) is 9.59 Å². The molecular weight excluding hydrogens is 847 g/mol. The molecule has 6 N–H and O–H groups in total. The van der Waals surface area contributed by atoms with Gasteiger partial charge >= 0.3 is 5.97 Å². The van der Waals surface area contributed by atoms with Crippen molar-refractivity contribution in [2.24, 2.45) is 0 Å². The Morgan fingerprint density at radius 2 is 1.01 bits per heavy atom. The first-order valence-electron chi connectivity index (χ1n) is 27.4. The second-order valence-corrected chi connectivity index (χ2v) is 18.9. The fourth-order valence-corrected chi connectivity index (χ4v) is 8.24. The molecule has 7 unspecified atom stereocenters. The third kappa shape index (κ3) is 36.3. The van der Waals surface area contributed by atoms with Crippen LogP contribution in [-0.2, 0) is 23.8 Å². The lowest BCUT2D eigenvalue weighted by molar-refractivity contribution is -0.302. The summed E-state index contributed by atoms with van der Waals surface area (Å²) >= 11 is 0. The summed E-state index contributed by atoms with van der Waals surface area (Å²) in [4.78, 5) is 25.0. The third-order valence-electron chi connectivity index (χ3n) is 12.7. The van der Waals surface area contributed by atoms with Gasteiger partial charge < -0.3 is 45.1 Å². The minimum Gasteiger partial charge on any atom is -0.466 e. The van der Waals surface area contributed by atoms with Gasteiger partial charge in [-0.2, -0.15) is 0 Å². The smallest absolute Gasteiger partial charge is 0.305 e. The summed E-state index contributed by atoms with van der Waals surface area (Å²) < 4.78 is 16.6. The first-order valence-corrected chi connectivity index (χ1v) is 27.4. The van der Waals surface area contributed by atoms with E-state index < -0.39 is 49.5 Å². The number of hydrogen-bond donors (Lipinski definition) is 6. The average Bonchev–Trinajstić information content (AvgIpc) is 3.32.